The average molecular weight is 449 g/mol. The van der Waals surface area contributed by atoms with Gasteiger partial charge in [0.05, 0.1) is 26.9 Å². The second kappa shape index (κ2) is 8.75. The highest BCUT2D eigenvalue weighted by molar-refractivity contribution is 9.10. The molecule has 0 radical (unpaired) electrons. The standard InChI is InChI=1S/C19H17BrN2O6/c1-24-14-8-12(9-15(25-2)17(14)26-3)18-22-21-16(28-18)10-27-19(23)11-4-6-13(20)7-5-11/h4-9H,10H2,1-3H3. The van der Waals surface area contributed by atoms with Crippen molar-refractivity contribution >= 4 is 21.9 Å². The van der Waals surface area contributed by atoms with Crippen molar-refractivity contribution in [1.29, 1.82) is 0 Å². The minimum Gasteiger partial charge on any atom is -0.493 e. The Hall–Kier alpha value is -3.07. The molecule has 0 aliphatic carbocycles. The van der Waals surface area contributed by atoms with Gasteiger partial charge < -0.3 is 23.4 Å². The third-order valence-corrected chi connectivity index (χ3v) is 4.31. The van der Waals surface area contributed by atoms with Gasteiger partial charge >= 0.3 is 5.97 Å². The van der Waals surface area contributed by atoms with E-state index in [1.165, 1.54) is 21.3 Å². The first-order valence-electron chi connectivity index (χ1n) is 8.11. The van der Waals surface area contributed by atoms with Crippen molar-refractivity contribution in [3.8, 4) is 28.7 Å². The van der Waals surface area contributed by atoms with Crippen LogP contribution in [-0.2, 0) is 11.3 Å². The van der Waals surface area contributed by atoms with Gasteiger partial charge in [-0.1, -0.05) is 15.9 Å². The van der Waals surface area contributed by atoms with E-state index in [0.717, 1.165) is 4.47 Å². The summed E-state index contributed by atoms with van der Waals surface area (Å²) in [6, 6.07) is 10.2. The lowest BCUT2D eigenvalue weighted by molar-refractivity contribution is 0.0438. The van der Waals surface area contributed by atoms with Crippen LogP contribution < -0.4 is 14.2 Å². The third kappa shape index (κ3) is 4.25. The molecule has 0 spiro atoms. The lowest BCUT2D eigenvalue weighted by Gasteiger charge is -2.12. The molecule has 3 aromatic rings. The maximum absolute atomic E-state index is 12.1. The smallest absolute Gasteiger partial charge is 0.338 e. The van der Waals surface area contributed by atoms with E-state index in [1.54, 1.807) is 36.4 Å². The number of ether oxygens (including phenoxy) is 4. The van der Waals surface area contributed by atoms with Crippen LogP contribution in [0.1, 0.15) is 16.2 Å². The van der Waals surface area contributed by atoms with Crippen LogP contribution in [0.5, 0.6) is 17.2 Å². The lowest BCUT2D eigenvalue weighted by atomic mass is 10.2. The largest absolute Gasteiger partial charge is 0.493 e. The molecule has 0 N–H and O–H groups in total. The molecule has 3 rings (SSSR count). The molecule has 0 atom stereocenters. The first-order chi connectivity index (χ1) is 13.5. The van der Waals surface area contributed by atoms with E-state index in [2.05, 4.69) is 26.1 Å². The predicted molar refractivity (Wildman–Crippen MR) is 103 cm³/mol. The van der Waals surface area contributed by atoms with Crippen LogP contribution in [0.3, 0.4) is 0 Å². The first kappa shape index (κ1) is 19.7. The van der Waals surface area contributed by atoms with Gasteiger partial charge in [0, 0.05) is 10.0 Å². The van der Waals surface area contributed by atoms with Gasteiger partial charge in [-0.05, 0) is 36.4 Å². The maximum Gasteiger partial charge on any atom is 0.338 e. The van der Waals surface area contributed by atoms with Gasteiger partial charge in [-0.15, -0.1) is 10.2 Å². The Morgan fingerprint density at radius 2 is 1.64 bits per heavy atom. The van der Waals surface area contributed by atoms with Crippen LogP contribution in [0.4, 0.5) is 0 Å². The molecule has 0 saturated carbocycles. The number of carbonyl (C=O) groups is 1. The van der Waals surface area contributed by atoms with Crippen molar-refractivity contribution in [3.05, 3.63) is 52.3 Å². The molecule has 0 aliphatic heterocycles. The van der Waals surface area contributed by atoms with Crippen LogP contribution in [-0.4, -0.2) is 37.5 Å². The molecule has 0 fully saturated rings. The van der Waals surface area contributed by atoms with E-state index >= 15 is 0 Å². The number of aromatic nitrogens is 2. The van der Waals surface area contributed by atoms with E-state index in [0.29, 0.717) is 28.4 Å². The molecule has 9 heteroatoms. The van der Waals surface area contributed by atoms with Crippen LogP contribution in [0.25, 0.3) is 11.5 Å². The first-order valence-corrected chi connectivity index (χ1v) is 8.90. The highest BCUT2D eigenvalue weighted by atomic mass is 79.9. The minimum atomic E-state index is -0.486. The summed E-state index contributed by atoms with van der Waals surface area (Å²) in [5.41, 5.74) is 1.00. The number of halogens is 1. The fourth-order valence-electron chi connectivity index (χ4n) is 2.43. The Labute approximate surface area is 169 Å². The monoisotopic (exact) mass is 448 g/mol. The van der Waals surface area contributed by atoms with Gasteiger partial charge in [0.15, 0.2) is 18.1 Å². The van der Waals surface area contributed by atoms with Crippen molar-refractivity contribution in [2.45, 2.75) is 6.61 Å². The number of rotatable bonds is 7. The van der Waals surface area contributed by atoms with Gasteiger partial charge in [0.1, 0.15) is 0 Å². The van der Waals surface area contributed by atoms with Crippen molar-refractivity contribution in [2.24, 2.45) is 0 Å². The summed E-state index contributed by atoms with van der Waals surface area (Å²) in [5, 5.41) is 7.90. The molecule has 28 heavy (non-hydrogen) atoms. The van der Waals surface area contributed by atoms with Gasteiger partial charge in [-0.2, -0.15) is 0 Å². The Morgan fingerprint density at radius 1 is 1.00 bits per heavy atom. The van der Waals surface area contributed by atoms with E-state index in [4.69, 9.17) is 23.4 Å². The molecule has 0 bridgehead atoms. The molecule has 0 unspecified atom stereocenters. The normalized spacial score (nSPS) is 10.4. The van der Waals surface area contributed by atoms with Crippen molar-refractivity contribution < 1.29 is 28.2 Å². The summed E-state index contributed by atoms with van der Waals surface area (Å²) in [4.78, 5) is 12.1. The summed E-state index contributed by atoms with van der Waals surface area (Å²) in [7, 11) is 4.55. The van der Waals surface area contributed by atoms with Crippen LogP contribution in [0.15, 0.2) is 45.3 Å². The van der Waals surface area contributed by atoms with E-state index in [9.17, 15) is 4.79 Å². The van der Waals surface area contributed by atoms with E-state index in [-0.39, 0.29) is 18.4 Å². The second-order valence-electron chi connectivity index (χ2n) is 5.50. The zero-order valence-corrected chi connectivity index (χ0v) is 17.0. The number of benzene rings is 2. The molecule has 1 aromatic heterocycles. The Morgan fingerprint density at radius 3 is 2.21 bits per heavy atom. The fourth-order valence-corrected chi connectivity index (χ4v) is 2.69. The molecule has 0 saturated heterocycles. The number of hydrogen-bond donors (Lipinski definition) is 0. The van der Waals surface area contributed by atoms with Gasteiger partial charge in [-0.3, -0.25) is 0 Å². The summed E-state index contributed by atoms with van der Waals surface area (Å²) in [6.45, 7) is -0.147. The van der Waals surface area contributed by atoms with Crippen molar-refractivity contribution in [2.75, 3.05) is 21.3 Å². The zero-order valence-electron chi connectivity index (χ0n) is 15.4. The van der Waals surface area contributed by atoms with Gasteiger partial charge in [0.25, 0.3) is 5.89 Å². The maximum atomic E-state index is 12.1. The molecular formula is C19H17BrN2O6. The minimum absolute atomic E-state index is 0.147. The fraction of sp³-hybridized carbons (Fsp3) is 0.211. The number of esters is 1. The molecule has 0 amide bonds. The Kier molecular flexibility index (Phi) is 6.15. The highest BCUT2D eigenvalue weighted by Crippen LogP contribution is 2.40. The number of methoxy groups -OCH3 is 3. The van der Waals surface area contributed by atoms with Crippen molar-refractivity contribution in [3.63, 3.8) is 0 Å². The topological polar surface area (TPSA) is 92.9 Å². The number of carbonyl (C=O) groups excluding carboxylic acids is 1. The number of nitrogens with zero attached hydrogens (tertiary/aromatic N) is 2. The molecule has 146 valence electrons. The Balaban J connectivity index is 1.75. The van der Waals surface area contributed by atoms with E-state index < -0.39 is 5.97 Å². The average Bonchev–Trinajstić information content (AvgIpc) is 3.20. The molecule has 2 aromatic carbocycles. The SMILES string of the molecule is COc1cc(-c2nnc(COC(=O)c3ccc(Br)cc3)o2)cc(OC)c1OC. The highest BCUT2D eigenvalue weighted by Gasteiger charge is 2.18. The Bertz CT molecular complexity index is 946. The molecule has 8 nitrogen and oxygen atoms in total. The quantitative estimate of drug-likeness (QED) is 0.502. The number of hydrogen-bond acceptors (Lipinski definition) is 8. The van der Waals surface area contributed by atoms with Gasteiger partial charge in [-0.25, -0.2) is 4.79 Å². The summed E-state index contributed by atoms with van der Waals surface area (Å²) in [5.74, 6) is 1.27. The summed E-state index contributed by atoms with van der Waals surface area (Å²) in [6.07, 6.45) is 0. The second-order valence-corrected chi connectivity index (χ2v) is 6.41. The molecule has 1 heterocycles. The molecule has 0 aliphatic rings. The van der Waals surface area contributed by atoms with E-state index in [1.807, 2.05) is 0 Å². The van der Waals surface area contributed by atoms with Crippen LogP contribution in [0, 0.1) is 0 Å². The van der Waals surface area contributed by atoms with Crippen LogP contribution in [0.2, 0.25) is 0 Å². The predicted octanol–water partition coefficient (Wildman–Crippen LogP) is 3.88. The zero-order chi connectivity index (χ0) is 20.1. The lowest BCUT2D eigenvalue weighted by Crippen LogP contribution is -2.05. The summed E-state index contributed by atoms with van der Waals surface area (Å²) >= 11 is 3.31. The molecular weight excluding hydrogens is 432 g/mol. The van der Waals surface area contributed by atoms with Gasteiger partial charge in [0.2, 0.25) is 11.6 Å². The van der Waals surface area contributed by atoms with Crippen molar-refractivity contribution in [1.82, 2.24) is 10.2 Å². The third-order valence-electron chi connectivity index (χ3n) is 3.79. The van der Waals surface area contributed by atoms with Crippen LogP contribution >= 0.6 is 15.9 Å². The summed E-state index contributed by atoms with van der Waals surface area (Å²) < 4.78 is 27.6.